The first-order valence-electron chi connectivity index (χ1n) is 5.63. The predicted molar refractivity (Wildman–Crippen MR) is 63.7 cm³/mol. The summed E-state index contributed by atoms with van der Waals surface area (Å²) < 4.78 is 0. The summed E-state index contributed by atoms with van der Waals surface area (Å²) in [6.45, 7) is 3.75. The Bertz CT molecular complexity index is 355. The zero-order valence-electron chi connectivity index (χ0n) is 9.40. The van der Waals surface area contributed by atoms with Gasteiger partial charge in [0.2, 0.25) is 0 Å². The lowest BCUT2D eigenvalue weighted by Crippen LogP contribution is -2.00. The maximum Gasteiger partial charge on any atom is 0.0722 e. The molecule has 15 heavy (non-hydrogen) atoms. The Morgan fingerprint density at radius 1 is 1.33 bits per heavy atom. The second kappa shape index (κ2) is 4.19. The van der Waals surface area contributed by atoms with Gasteiger partial charge in [-0.2, -0.15) is 0 Å². The van der Waals surface area contributed by atoms with Crippen molar-refractivity contribution in [2.75, 3.05) is 0 Å². The highest BCUT2D eigenvalue weighted by Crippen LogP contribution is 2.39. The van der Waals surface area contributed by atoms with Gasteiger partial charge < -0.3 is 5.11 Å². The standard InChI is InChI=1S/C14H18O/c1-10(11(2)15)9-12-3-5-13(6-4-12)14-7-8-14/h3-6,9,11,14-15H,7-8H2,1-2H3/b10-9+. The highest BCUT2D eigenvalue weighted by Gasteiger charge is 2.22. The predicted octanol–water partition coefficient (Wildman–Crippen LogP) is 3.35. The monoisotopic (exact) mass is 202 g/mol. The molecular weight excluding hydrogens is 184 g/mol. The largest absolute Gasteiger partial charge is 0.389 e. The van der Waals surface area contributed by atoms with E-state index in [1.807, 2.05) is 13.0 Å². The Morgan fingerprint density at radius 2 is 1.93 bits per heavy atom. The molecule has 1 aromatic rings. The van der Waals surface area contributed by atoms with Crippen LogP contribution in [0.1, 0.15) is 43.7 Å². The van der Waals surface area contributed by atoms with E-state index in [4.69, 9.17) is 0 Å². The molecule has 0 bridgehead atoms. The van der Waals surface area contributed by atoms with Crippen molar-refractivity contribution in [2.24, 2.45) is 0 Å². The molecule has 0 aliphatic heterocycles. The normalized spacial score (nSPS) is 19.0. The quantitative estimate of drug-likeness (QED) is 0.797. The van der Waals surface area contributed by atoms with E-state index in [0.717, 1.165) is 11.5 Å². The third-order valence-corrected chi connectivity index (χ3v) is 3.04. The molecule has 0 heterocycles. The molecule has 0 saturated heterocycles. The average molecular weight is 202 g/mol. The lowest BCUT2D eigenvalue weighted by molar-refractivity contribution is 0.232. The van der Waals surface area contributed by atoms with Crippen LogP contribution < -0.4 is 0 Å². The van der Waals surface area contributed by atoms with E-state index < -0.39 is 0 Å². The third kappa shape index (κ3) is 2.69. The Labute approximate surface area is 91.4 Å². The van der Waals surface area contributed by atoms with Crippen LogP contribution in [0.25, 0.3) is 6.08 Å². The molecule has 1 unspecified atom stereocenters. The number of aliphatic hydroxyl groups is 1. The summed E-state index contributed by atoms with van der Waals surface area (Å²) in [5.41, 5.74) is 3.65. The molecule has 1 aromatic carbocycles. The van der Waals surface area contributed by atoms with Crippen LogP contribution >= 0.6 is 0 Å². The average Bonchev–Trinajstić information content (AvgIpc) is 3.02. The zero-order chi connectivity index (χ0) is 10.8. The van der Waals surface area contributed by atoms with Crippen molar-refractivity contribution in [3.8, 4) is 0 Å². The van der Waals surface area contributed by atoms with Gasteiger partial charge in [0.05, 0.1) is 6.10 Å². The van der Waals surface area contributed by atoms with Crippen molar-refractivity contribution in [3.63, 3.8) is 0 Å². The highest BCUT2D eigenvalue weighted by atomic mass is 16.3. The molecule has 1 aliphatic rings. The van der Waals surface area contributed by atoms with Gasteiger partial charge in [0, 0.05) is 0 Å². The maximum atomic E-state index is 9.37. The van der Waals surface area contributed by atoms with Crippen molar-refractivity contribution < 1.29 is 5.11 Å². The fourth-order valence-electron chi connectivity index (χ4n) is 1.66. The molecule has 1 saturated carbocycles. The molecular formula is C14H18O. The first-order valence-corrected chi connectivity index (χ1v) is 5.63. The van der Waals surface area contributed by atoms with Crippen molar-refractivity contribution in [2.45, 2.75) is 38.7 Å². The van der Waals surface area contributed by atoms with Gasteiger partial charge in [0.1, 0.15) is 0 Å². The minimum atomic E-state index is -0.354. The Morgan fingerprint density at radius 3 is 2.40 bits per heavy atom. The van der Waals surface area contributed by atoms with Gasteiger partial charge in [-0.05, 0) is 49.3 Å². The van der Waals surface area contributed by atoms with Crippen LogP contribution in [-0.2, 0) is 0 Å². The van der Waals surface area contributed by atoms with Crippen molar-refractivity contribution in [1.82, 2.24) is 0 Å². The summed E-state index contributed by atoms with van der Waals surface area (Å²) in [7, 11) is 0. The van der Waals surface area contributed by atoms with E-state index >= 15 is 0 Å². The molecule has 0 aromatic heterocycles. The summed E-state index contributed by atoms with van der Waals surface area (Å²) in [6.07, 6.45) is 4.39. The summed E-state index contributed by atoms with van der Waals surface area (Å²) in [5.74, 6) is 0.820. The number of rotatable bonds is 3. The summed E-state index contributed by atoms with van der Waals surface area (Å²) in [4.78, 5) is 0. The van der Waals surface area contributed by atoms with E-state index in [2.05, 4.69) is 24.3 Å². The first kappa shape index (κ1) is 10.4. The highest BCUT2D eigenvalue weighted by molar-refractivity contribution is 5.53. The van der Waals surface area contributed by atoms with Gasteiger partial charge in [0.25, 0.3) is 0 Å². The van der Waals surface area contributed by atoms with E-state index in [1.165, 1.54) is 24.0 Å². The van der Waals surface area contributed by atoms with Crippen LogP contribution in [0.4, 0.5) is 0 Å². The van der Waals surface area contributed by atoms with Gasteiger partial charge in [-0.25, -0.2) is 0 Å². The van der Waals surface area contributed by atoms with Gasteiger partial charge in [-0.15, -0.1) is 0 Å². The fourth-order valence-corrected chi connectivity index (χ4v) is 1.66. The van der Waals surface area contributed by atoms with E-state index in [1.54, 1.807) is 6.92 Å². The van der Waals surface area contributed by atoms with Gasteiger partial charge in [-0.1, -0.05) is 30.3 Å². The zero-order valence-corrected chi connectivity index (χ0v) is 9.40. The Hall–Kier alpha value is -1.08. The lowest BCUT2D eigenvalue weighted by atomic mass is 10.0. The minimum Gasteiger partial charge on any atom is -0.389 e. The molecule has 1 nitrogen and oxygen atoms in total. The van der Waals surface area contributed by atoms with Crippen molar-refractivity contribution >= 4 is 6.08 Å². The molecule has 0 radical (unpaired) electrons. The fraction of sp³-hybridized carbons (Fsp3) is 0.429. The third-order valence-electron chi connectivity index (χ3n) is 3.04. The Kier molecular flexibility index (Phi) is 2.92. The SMILES string of the molecule is C/C(=C\c1ccc(C2CC2)cc1)C(C)O. The van der Waals surface area contributed by atoms with Crippen LogP contribution in [0.5, 0.6) is 0 Å². The molecule has 0 spiro atoms. The smallest absolute Gasteiger partial charge is 0.0722 e. The molecule has 0 amide bonds. The van der Waals surface area contributed by atoms with E-state index in [0.29, 0.717) is 0 Å². The second-order valence-electron chi connectivity index (χ2n) is 4.51. The van der Waals surface area contributed by atoms with Crippen molar-refractivity contribution in [3.05, 3.63) is 41.0 Å². The van der Waals surface area contributed by atoms with Gasteiger partial charge in [-0.3, -0.25) is 0 Å². The van der Waals surface area contributed by atoms with Crippen LogP contribution in [0, 0.1) is 0 Å². The molecule has 1 heteroatoms. The second-order valence-corrected chi connectivity index (χ2v) is 4.51. The topological polar surface area (TPSA) is 20.2 Å². The molecule has 1 N–H and O–H groups in total. The molecule has 1 fully saturated rings. The van der Waals surface area contributed by atoms with Crippen molar-refractivity contribution in [1.29, 1.82) is 0 Å². The number of aliphatic hydroxyl groups excluding tert-OH is 1. The van der Waals surface area contributed by atoms with Crippen LogP contribution in [0.2, 0.25) is 0 Å². The van der Waals surface area contributed by atoms with Gasteiger partial charge in [0.15, 0.2) is 0 Å². The molecule has 80 valence electrons. The first-order chi connectivity index (χ1) is 7.16. The molecule has 1 aliphatic carbocycles. The Balaban J connectivity index is 2.12. The minimum absolute atomic E-state index is 0.354. The van der Waals surface area contributed by atoms with E-state index in [-0.39, 0.29) is 6.10 Å². The van der Waals surface area contributed by atoms with Crippen LogP contribution in [0.3, 0.4) is 0 Å². The van der Waals surface area contributed by atoms with Crippen LogP contribution in [-0.4, -0.2) is 11.2 Å². The summed E-state index contributed by atoms with van der Waals surface area (Å²) in [5, 5.41) is 9.37. The van der Waals surface area contributed by atoms with Gasteiger partial charge >= 0.3 is 0 Å². The summed E-state index contributed by atoms with van der Waals surface area (Å²) >= 11 is 0. The number of hydrogen-bond acceptors (Lipinski definition) is 1. The molecule has 2 rings (SSSR count). The molecule has 1 atom stereocenters. The van der Waals surface area contributed by atoms with E-state index in [9.17, 15) is 5.11 Å². The maximum absolute atomic E-state index is 9.37. The number of hydrogen-bond donors (Lipinski definition) is 1. The summed E-state index contributed by atoms with van der Waals surface area (Å²) in [6, 6.07) is 8.69. The lowest BCUT2D eigenvalue weighted by Gasteiger charge is -2.04. The van der Waals surface area contributed by atoms with Crippen LogP contribution in [0.15, 0.2) is 29.8 Å². The number of benzene rings is 1.